The Labute approximate surface area is 406 Å². The van der Waals surface area contributed by atoms with E-state index in [1.165, 1.54) is 0 Å². The van der Waals surface area contributed by atoms with Crippen molar-refractivity contribution in [3.63, 3.8) is 0 Å². The fourth-order valence-corrected chi connectivity index (χ4v) is 9.51. The molecule has 2 rings (SSSR count). The van der Waals surface area contributed by atoms with E-state index in [0.29, 0.717) is 19.3 Å². The molecule has 2 bridgehead atoms. The Morgan fingerprint density at radius 2 is 1.46 bits per heavy atom. The van der Waals surface area contributed by atoms with E-state index < -0.39 is 132 Å². The van der Waals surface area contributed by atoms with Crippen LogP contribution in [0, 0.1) is 11.8 Å². The number of rotatable bonds is 22. The SMILES string of the molecule is CC/C=C\C/C=C\C/C=C\CCCCCCCC(=O)O[C@@H]1COC(=O)CCCCC(=O)C[C@@H]2[C@@H](O)[C@H](O)[C@@H](O)[C@H](OP(=O)(O)OC1)[C@H](OP(=O)(O)O)[C@H](O)[C@@H](/C=C/[C@@H](O)CCCCC)[C@H](O)C[C@@H]2O. The molecule has 2 aliphatic rings. The summed E-state index contributed by atoms with van der Waals surface area (Å²) in [7, 11) is -11.6. The van der Waals surface area contributed by atoms with Gasteiger partial charge in [-0.1, -0.05) is 101 Å². The van der Waals surface area contributed by atoms with Crippen LogP contribution in [0.25, 0.3) is 0 Å². The second-order valence-corrected chi connectivity index (χ2v) is 20.4. The van der Waals surface area contributed by atoms with Crippen molar-refractivity contribution in [2.24, 2.45) is 11.8 Å². The van der Waals surface area contributed by atoms with Crippen LogP contribution >= 0.6 is 15.6 Å². The van der Waals surface area contributed by atoms with Crippen molar-refractivity contribution in [2.75, 3.05) is 13.2 Å². The third-order valence-corrected chi connectivity index (χ3v) is 13.4. The van der Waals surface area contributed by atoms with E-state index in [9.17, 15) is 73.9 Å². The molecule has 1 saturated heterocycles. The molecule has 1 aliphatic heterocycles. The van der Waals surface area contributed by atoms with Gasteiger partial charge >= 0.3 is 27.6 Å². The molecule has 1 unspecified atom stereocenters. The van der Waals surface area contributed by atoms with Crippen LogP contribution in [0.5, 0.6) is 0 Å². The maximum absolute atomic E-state index is 13.8. The zero-order valence-corrected chi connectivity index (χ0v) is 41.8. The number of unbranched alkanes of at least 4 members (excludes halogenated alkanes) is 7. The Morgan fingerprint density at radius 1 is 0.812 bits per heavy atom. The second-order valence-electron chi connectivity index (χ2n) is 17.8. The number of hydrogen-bond donors (Lipinski definition) is 10. The highest BCUT2D eigenvalue weighted by molar-refractivity contribution is 7.47. The van der Waals surface area contributed by atoms with Crippen molar-refractivity contribution in [1.82, 2.24) is 0 Å². The molecule has 0 aromatic carbocycles. The highest BCUT2D eigenvalue weighted by Gasteiger charge is 2.52. The molecule has 0 aromatic rings. The zero-order chi connectivity index (χ0) is 51.4. The summed E-state index contributed by atoms with van der Waals surface area (Å²) in [6, 6.07) is 0. The van der Waals surface area contributed by atoms with Crippen molar-refractivity contribution >= 4 is 33.4 Å². The van der Waals surface area contributed by atoms with Crippen LogP contribution < -0.4 is 0 Å². The minimum Gasteiger partial charge on any atom is -0.462 e. The Hall–Kier alpha value is -2.49. The van der Waals surface area contributed by atoms with E-state index >= 15 is 0 Å². The van der Waals surface area contributed by atoms with Gasteiger partial charge in [-0.05, 0) is 57.8 Å². The molecule has 69 heavy (non-hydrogen) atoms. The summed E-state index contributed by atoms with van der Waals surface area (Å²) in [4.78, 5) is 70.0. The molecule has 0 spiro atoms. The van der Waals surface area contributed by atoms with E-state index in [0.717, 1.165) is 69.9 Å². The van der Waals surface area contributed by atoms with Gasteiger partial charge in [-0.3, -0.25) is 28.0 Å². The molecule has 0 radical (unpaired) electrons. The van der Waals surface area contributed by atoms with E-state index in [4.69, 9.17) is 23.0 Å². The molecule has 398 valence electrons. The predicted molar refractivity (Wildman–Crippen MR) is 253 cm³/mol. The average molecular weight is 1030 g/mol. The number of phosphoric ester groups is 2. The van der Waals surface area contributed by atoms with Crippen LogP contribution in [-0.4, -0.2) is 142 Å². The van der Waals surface area contributed by atoms with Gasteiger partial charge in [0, 0.05) is 43.9 Å². The third-order valence-electron chi connectivity index (χ3n) is 11.9. The van der Waals surface area contributed by atoms with Crippen molar-refractivity contribution in [3.8, 4) is 0 Å². The Bertz CT molecular complexity index is 1700. The molecule has 2 fully saturated rings. The summed E-state index contributed by atoms with van der Waals surface area (Å²) >= 11 is 0. The van der Waals surface area contributed by atoms with E-state index in [1.807, 2.05) is 6.92 Å². The lowest BCUT2D eigenvalue weighted by Gasteiger charge is -2.38. The molecule has 1 saturated carbocycles. The molecule has 0 aromatic heterocycles. The van der Waals surface area contributed by atoms with Crippen LogP contribution in [0.15, 0.2) is 48.6 Å². The number of esters is 2. The molecule has 22 heteroatoms. The summed E-state index contributed by atoms with van der Waals surface area (Å²) in [5.74, 6) is -5.62. The zero-order valence-electron chi connectivity index (χ0n) is 40.1. The van der Waals surface area contributed by atoms with Crippen LogP contribution in [0.2, 0.25) is 0 Å². The number of allylic oxidation sites excluding steroid dienone is 6. The van der Waals surface area contributed by atoms with Crippen molar-refractivity contribution in [2.45, 2.75) is 203 Å². The molecule has 20 nitrogen and oxygen atoms in total. The lowest BCUT2D eigenvalue weighted by molar-refractivity contribution is -0.166. The number of ketones is 1. The molecule has 10 N–H and O–H groups in total. The molecule has 13 atom stereocenters. The van der Waals surface area contributed by atoms with Gasteiger partial charge in [-0.15, -0.1) is 0 Å². The number of aliphatic hydroxyl groups excluding tert-OH is 7. The summed E-state index contributed by atoms with van der Waals surface area (Å²) in [5, 5.41) is 79.8. The summed E-state index contributed by atoms with van der Waals surface area (Å²) in [5.41, 5.74) is 0. The summed E-state index contributed by atoms with van der Waals surface area (Å²) in [6.07, 6.45) is 1.08. The maximum atomic E-state index is 13.8. The average Bonchev–Trinajstić information content (AvgIpc) is 3.29. The number of phosphoric acid groups is 2. The molecule has 1 heterocycles. The van der Waals surface area contributed by atoms with E-state index in [1.54, 1.807) is 0 Å². The first-order valence-electron chi connectivity index (χ1n) is 24.4. The molecular formula is C47H80O20P2. The van der Waals surface area contributed by atoms with Gasteiger partial charge in [0.2, 0.25) is 0 Å². The molecular weight excluding hydrogens is 946 g/mol. The quantitative estimate of drug-likeness (QED) is 0.0300. The van der Waals surface area contributed by atoms with Crippen LogP contribution in [0.1, 0.15) is 142 Å². The normalized spacial score (nSPS) is 31.7. The van der Waals surface area contributed by atoms with Crippen LogP contribution in [0.4, 0.5) is 0 Å². The fourth-order valence-electron chi connectivity index (χ4n) is 7.98. The standard InChI is InChI=1S/C47H80O20P2/c1-3-5-7-8-9-10-11-12-13-14-15-16-17-18-20-26-41(53)65-35-31-63-40(52)25-22-21-24-34(49)29-37-39(51)30-38(50)36(28-27-33(48)23-19-6-4-2)43(55)46(66-68(58,59)60)47(45(57)44(56)42(37)54)67-69(61,62)64-32-35/h5,7,9-10,12-13,27-28,33,35-39,42-48,50-51,54-57H,3-4,6,8,11,14-26,29-32H2,1-2H3,(H,61,62)(H2,58,59,60)/b7-5-,10-9-,13-12-,28-27+/t33-,35+,36-,37-,38+,39-,42+,43+,44-,45+,46+,47-/m0/s1. The van der Waals surface area contributed by atoms with E-state index in [-0.39, 0.29) is 38.5 Å². The lowest BCUT2D eigenvalue weighted by Crippen LogP contribution is -2.56. The number of aliphatic hydroxyl groups is 7. The van der Waals surface area contributed by atoms with Gasteiger partial charge in [0.05, 0.1) is 37.1 Å². The minimum atomic E-state index is -5.82. The number of Topliss-reactive ketones (excluding diaryl/α,β-unsaturated/α-hetero) is 1. The van der Waals surface area contributed by atoms with Gasteiger partial charge < -0.3 is 59.9 Å². The van der Waals surface area contributed by atoms with Gasteiger partial charge in [0.15, 0.2) is 6.10 Å². The number of carbonyl (C=O) groups is 3. The number of cyclic esters (lactones) is 1. The van der Waals surface area contributed by atoms with E-state index in [2.05, 4.69) is 43.4 Å². The first-order valence-corrected chi connectivity index (χ1v) is 27.4. The summed E-state index contributed by atoms with van der Waals surface area (Å²) in [6.45, 7) is 2.32. The van der Waals surface area contributed by atoms with Crippen LogP contribution in [-0.2, 0) is 46.6 Å². The van der Waals surface area contributed by atoms with Crippen molar-refractivity contribution in [1.29, 1.82) is 0 Å². The highest BCUT2D eigenvalue weighted by atomic mass is 31.2. The number of fused-ring (bicyclic) bond motifs is 4. The second kappa shape index (κ2) is 34.0. The summed E-state index contributed by atoms with van der Waals surface area (Å²) < 4.78 is 52.1. The smallest absolute Gasteiger partial charge is 0.462 e. The monoisotopic (exact) mass is 1030 g/mol. The Kier molecular flexibility index (Phi) is 30.9. The minimum absolute atomic E-state index is 0.0773. The highest BCUT2D eigenvalue weighted by Crippen LogP contribution is 2.50. The third kappa shape index (κ3) is 26.2. The first-order chi connectivity index (χ1) is 32.7. The van der Waals surface area contributed by atoms with Gasteiger partial charge in [0.25, 0.3) is 0 Å². The van der Waals surface area contributed by atoms with Crippen LogP contribution in [0.3, 0.4) is 0 Å². The largest absolute Gasteiger partial charge is 0.472 e. The molecule has 1 aliphatic carbocycles. The maximum Gasteiger partial charge on any atom is 0.472 e. The topological polar surface area (TPSA) is 334 Å². The molecule has 0 amide bonds. The predicted octanol–water partition coefficient (Wildman–Crippen LogP) is 4.84. The number of carbonyl (C=O) groups excluding carboxylic acids is 3. The Morgan fingerprint density at radius 3 is 2.14 bits per heavy atom. The van der Waals surface area contributed by atoms with Crippen molar-refractivity contribution in [3.05, 3.63) is 48.6 Å². The van der Waals surface area contributed by atoms with Crippen molar-refractivity contribution < 1.29 is 97.0 Å². The fraction of sp³-hybridized carbons (Fsp3) is 0.766. The Balaban J connectivity index is 2.40. The van der Waals surface area contributed by atoms with Gasteiger partial charge in [-0.2, -0.15) is 0 Å². The number of hydrogen-bond acceptors (Lipinski definition) is 17. The van der Waals surface area contributed by atoms with Gasteiger partial charge in [0.1, 0.15) is 36.8 Å². The number of ether oxygens (including phenoxy) is 2. The van der Waals surface area contributed by atoms with Gasteiger partial charge in [-0.25, -0.2) is 9.13 Å². The lowest BCUT2D eigenvalue weighted by atomic mass is 9.82. The first kappa shape index (κ1) is 62.6.